The van der Waals surface area contributed by atoms with Gasteiger partial charge < -0.3 is 11.1 Å². The molecule has 4 nitrogen and oxygen atoms in total. The van der Waals surface area contributed by atoms with E-state index >= 15 is 0 Å². The number of halogens is 1. The number of nitrogens with one attached hydrogen (secondary N) is 1. The van der Waals surface area contributed by atoms with Crippen molar-refractivity contribution in [3.63, 3.8) is 0 Å². The van der Waals surface area contributed by atoms with Gasteiger partial charge in [-0.3, -0.25) is 4.79 Å². The number of carbonyl (C=O) groups is 1. The molecule has 0 aliphatic carbocycles. The molecule has 0 radical (unpaired) electrons. The van der Waals surface area contributed by atoms with E-state index in [9.17, 15) is 4.79 Å². The van der Waals surface area contributed by atoms with E-state index in [4.69, 9.17) is 5.73 Å². The van der Waals surface area contributed by atoms with Crippen molar-refractivity contribution in [2.24, 2.45) is 0 Å². The van der Waals surface area contributed by atoms with E-state index in [1.807, 2.05) is 19.1 Å². The highest BCUT2D eigenvalue weighted by Gasteiger charge is 2.07. The standard InChI is InChI=1S/C13H12BrN3O/c1-8-4-9(6-10(14)5-8)13(18)17-11-2-3-12(15)16-7-11/h2-7H,1H3,(H2,15,16)(H,17,18). The number of anilines is 2. The molecule has 0 saturated heterocycles. The molecule has 0 saturated carbocycles. The number of rotatable bonds is 2. The van der Waals surface area contributed by atoms with Gasteiger partial charge in [0.1, 0.15) is 5.82 Å². The zero-order valence-corrected chi connectivity index (χ0v) is 11.4. The molecular formula is C13H12BrN3O. The first kappa shape index (κ1) is 12.6. The van der Waals surface area contributed by atoms with Gasteiger partial charge in [-0.05, 0) is 42.8 Å². The average molecular weight is 306 g/mol. The molecule has 0 atom stereocenters. The summed E-state index contributed by atoms with van der Waals surface area (Å²) in [4.78, 5) is 15.9. The topological polar surface area (TPSA) is 68.0 Å². The number of benzene rings is 1. The summed E-state index contributed by atoms with van der Waals surface area (Å²) in [5.74, 6) is 0.247. The van der Waals surface area contributed by atoms with E-state index in [0.717, 1.165) is 10.0 Å². The van der Waals surface area contributed by atoms with Crippen LogP contribution in [0.5, 0.6) is 0 Å². The summed E-state index contributed by atoms with van der Waals surface area (Å²) in [6.45, 7) is 1.94. The van der Waals surface area contributed by atoms with Crippen LogP contribution < -0.4 is 11.1 Å². The van der Waals surface area contributed by atoms with Crippen molar-refractivity contribution in [1.29, 1.82) is 0 Å². The maximum absolute atomic E-state index is 12.0. The lowest BCUT2D eigenvalue weighted by atomic mass is 10.1. The fraction of sp³-hybridized carbons (Fsp3) is 0.0769. The van der Waals surface area contributed by atoms with Gasteiger partial charge in [-0.15, -0.1) is 0 Å². The highest BCUT2D eigenvalue weighted by molar-refractivity contribution is 9.10. The molecule has 0 aliphatic heterocycles. The van der Waals surface area contributed by atoms with E-state index in [0.29, 0.717) is 17.1 Å². The molecule has 1 heterocycles. The van der Waals surface area contributed by atoms with Crippen LogP contribution in [0.2, 0.25) is 0 Å². The van der Waals surface area contributed by atoms with Gasteiger partial charge in [0.15, 0.2) is 0 Å². The Kier molecular flexibility index (Phi) is 3.62. The predicted octanol–water partition coefficient (Wildman–Crippen LogP) is 2.99. The van der Waals surface area contributed by atoms with Gasteiger partial charge in [-0.2, -0.15) is 0 Å². The second-order valence-electron chi connectivity index (χ2n) is 3.94. The second kappa shape index (κ2) is 5.18. The minimum atomic E-state index is -0.175. The normalized spacial score (nSPS) is 10.1. The van der Waals surface area contributed by atoms with Crippen molar-refractivity contribution in [1.82, 2.24) is 4.98 Å². The summed E-state index contributed by atoms with van der Waals surface area (Å²) in [7, 11) is 0. The Hall–Kier alpha value is -1.88. The van der Waals surface area contributed by atoms with Gasteiger partial charge in [0.25, 0.3) is 5.91 Å². The fourth-order valence-electron chi connectivity index (χ4n) is 1.55. The Morgan fingerprint density at radius 2 is 2.11 bits per heavy atom. The Labute approximate surface area is 113 Å². The molecule has 0 aliphatic rings. The van der Waals surface area contributed by atoms with Crippen LogP contribution in [0.1, 0.15) is 15.9 Å². The molecule has 1 aromatic heterocycles. The van der Waals surface area contributed by atoms with Crippen molar-refractivity contribution < 1.29 is 4.79 Å². The van der Waals surface area contributed by atoms with E-state index < -0.39 is 0 Å². The number of aromatic nitrogens is 1. The Bertz CT molecular complexity index is 561. The first-order valence-electron chi connectivity index (χ1n) is 5.34. The van der Waals surface area contributed by atoms with Crippen molar-refractivity contribution in [3.8, 4) is 0 Å². The third kappa shape index (κ3) is 3.07. The summed E-state index contributed by atoms with van der Waals surface area (Å²) in [6.07, 6.45) is 1.53. The van der Waals surface area contributed by atoms with Crippen molar-refractivity contribution in [3.05, 3.63) is 52.1 Å². The number of nitrogens with zero attached hydrogens (tertiary/aromatic N) is 1. The van der Waals surface area contributed by atoms with Crippen molar-refractivity contribution >= 4 is 33.3 Å². The van der Waals surface area contributed by atoms with E-state index in [1.165, 1.54) is 6.20 Å². The summed E-state index contributed by atoms with van der Waals surface area (Å²) in [5, 5.41) is 2.76. The third-order valence-electron chi connectivity index (χ3n) is 2.35. The molecule has 0 spiro atoms. The van der Waals surface area contributed by atoms with Gasteiger partial charge in [0, 0.05) is 10.0 Å². The van der Waals surface area contributed by atoms with Crippen molar-refractivity contribution in [2.75, 3.05) is 11.1 Å². The highest BCUT2D eigenvalue weighted by atomic mass is 79.9. The molecule has 3 N–H and O–H groups in total. The number of nitrogens with two attached hydrogens (primary N) is 1. The highest BCUT2D eigenvalue weighted by Crippen LogP contribution is 2.17. The van der Waals surface area contributed by atoms with E-state index in [2.05, 4.69) is 26.2 Å². The molecule has 5 heteroatoms. The number of pyridine rings is 1. The number of aryl methyl sites for hydroxylation is 1. The minimum absolute atomic E-state index is 0.175. The van der Waals surface area contributed by atoms with E-state index in [-0.39, 0.29) is 5.91 Å². The smallest absolute Gasteiger partial charge is 0.255 e. The number of hydrogen-bond donors (Lipinski definition) is 2. The number of hydrogen-bond acceptors (Lipinski definition) is 3. The van der Waals surface area contributed by atoms with Crippen LogP contribution in [0.15, 0.2) is 41.0 Å². The minimum Gasteiger partial charge on any atom is -0.384 e. The number of carbonyl (C=O) groups excluding carboxylic acids is 1. The van der Waals surface area contributed by atoms with Crippen LogP contribution in [0.25, 0.3) is 0 Å². The average Bonchev–Trinajstić information content (AvgIpc) is 2.31. The molecule has 0 unspecified atom stereocenters. The lowest BCUT2D eigenvalue weighted by Crippen LogP contribution is -2.12. The second-order valence-corrected chi connectivity index (χ2v) is 4.86. The lowest BCUT2D eigenvalue weighted by Gasteiger charge is -2.06. The Morgan fingerprint density at radius 3 is 2.72 bits per heavy atom. The molecule has 18 heavy (non-hydrogen) atoms. The summed E-state index contributed by atoms with van der Waals surface area (Å²) < 4.78 is 0.878. The molecule has 0 bridgehead atoms. The number of nitrogen functional groups attached to an aromatic ring is 1. The van der Waals surface area contributed by atoms with Crippen LogP contribution in [0.4, 0.5) is 11.5 Å². The van der Waals surface area contributed by atoms with Crippen LogP contribution in [0.3, 0.4) is 0 Å². The Balaban J connectivity index is 2.19. The van der Waals surface area contributed by atoms with Gasteiger partial charge in [-0.25, -0.2) is 4.98 Å². The monoisotopic (exact) mass is 305 g/mol. The van der Waals surface area contributed by atoms with E-state index in [1.54, 1.807) is 18.2 Å². The summed E-state index contributed by atoms with van der Waals surface area (Å²) in [6, 6.07) is 8.90. The van der Waals surface area contributed by atoms with Crippen LogP contribution in [0, 0.1) is 6.92 Å². The first-order chi connectivity index (χ1) is 8.54. The Morgan fingerprint density at radius 1 is 1.33 bits per heavy atom. The summed E-state index contributed by atoms with van der Waals surface area (Å²) in [5.41, 5.74) is 7.71. The molecule has 92 valence electrons. The van der Waals surface area contributed by atoms with Gasteiger partial charge in [0.2, 0.25) is 0 Å². The summed E-state index contributed by atoms with van der Waals surface area (Å²) >= 11 is 3.37. The molecule has 1 aromatic carbocycles. The first-order valence-corrected chi connectivity index (χ1v) is 6.14. The predicted molar refractivity (Wildman–Crippen MR) is 75.5 cm³/mol. The van der Waals surface area contributed by atoms with Gasteiger partial charge >= 0.3 is 0 Å². The van der Waals surface area contributed by atoms with Crippen LogP contribution in [-0.4, -0.2) is 10.9 Å². The van der Waals surface area contributed by atoms with Gasteiger partial charge in [0.05, 0.1) is 11.9 Å². The van der Waals surface area contributed by atoms with Crippen molar-refractivity contribution in [2.45, 2.75) is 6.92 Å². The lowest BCUT2D eigenvalue weighted by molar-refractivity contribution is 0.102. The molecular weight excluding hydrogens is 294 g/mol. The SMILES string of the molecule is Cc1cc(Br)cc(C(=O)Nc2ccc(N)nc2)c1. The van der Waals surface area contributed by atoms with Crippen LogP contribution in [-0.2, 0) is 0 Å². The number of amides is 1. The third-order valence-corrected chi connectivity index (χ3v) is 2.81. The molecule has 1 amide bonds. The largest absolute Gasteiger partial charge is 0.384 e. The maximum Gasteiger partial charge on any atom is 0.255 e. The zero-order valence-electron chi connectivity index (χ0n) is 9.77. The van der Waals surface area contributed by atoms with Crippen LogP contribution >= 0.6 is 15.9 Å². The molecule has 0 fully saturated rings. The molecule has 2 aromatic rings. The molecule has 2 rings (SSSR count). The fourth-order valence-corrected chi connectivity index (χ4v) is 2.16. The van der Waals surface area contributed by atoms with Gasteiger partial charge in [-0.1, -0.05) is 15.9 Å². The quantitative estimate of drug-likeness (QED) is 0.896. The zero-order chi connectivity index (χ0) is 13.1. The maximum atomic E-state index is 12.0.